The molecular weight excluding hydrogens is 352 g/mol. The molecule has 5 nitrogen and oxygen atoms in total. The minimum absolute atomic E-state index is 0.0867. The number of nitrogens with one attached hydrogen (secondary N) is 2. The van der Waals surface area contributed by atoms with Gasteiger partial charge in [0.1, 0.15) is 11.5 Å². The lowest BCUT2D eigenvalue weighted by molar-refractivity contribution is -0.116. The molecule has 3 rings (SSSR count). The van der Waals surface area contributed by atoms with Crippen LogP contribution in [0.2, 0.25) is 0 Å². The average molecular weight is 376 g/mol. The number of anilines is 2. The van der Waals surface area contributed by atoms with Crippen molar-refractivity contribution < 1.29 is 14.0 Å². The predicted molar refractivity (Wildman–Crippen MR) is 111 cm³/mol. The first-order valence-corrected chi connectivity index (χ1v) is 9.24. The van der Waals surface area contributed by atoms with E-state index in [4.69, 9.17) is 4.42 Å². The highest BCUT2D eigenvalue weighted by Crippen LogP contribution is 2.25. The van der Waals surface area contributed by atoms with E-state index in [2.05, 4.69) is 36.6 Å². The number of aryl methyl sites for hydroxylation is 3. The summed E-state index contributed by atoms with van der Waals surface area (Å²) in [4.78, 5) is 23.2. The van der Waals surface area contributed by atoms with Gasteiger partial charge in [-0.15, -0.1) is 0 Å². The van der Waals surface area contributed by atoms with Crippen molar-refractivity contribution in [1.82, 2.24) is 0 Å². The molecule has 2 amide bonds. The van der Waals surface area contributed by atoms with Crippen molar-refractivity contribution in [1.29, 1.82) is 0 Å². The molecule has 0 bridgehead atoms. The Morgan fingerprint density at radius 3 is 2.18 bits per heavy atom. The van der Waals surface area contributed by atoms with Crippen LogP contribution < -0.4 is 10.6 Å². The molecule has 2 aromatic carbocycles. The Labute approximate surface area is 164 Å². The summed E-state index contributed by atoms with van der Waals surface area (Å²) in [6, 6.07) is 17.1. The van der Waals surface area contributed by atoms with Crippen molar-refractivity contribution in [3.8, 4) is 11.3 Å². The Morgan fingerprint density at radius 2 is 1.54 bits per heavy atom. The Bertz CT molecular complexity index is 987. The summed E-state index contributed by atoms with van der Waals surface area (Å²) in [6.07, 6.45) is 0.855. The zero-order valence-corrected chi connectivity index (χ0v) is 16.3. The summed E-state index contributed by atoms with van der Waals surface area (Å²) >= 11 is 0. The lowest BCUT2D eigenvalue weighted by Crippen LogP contribution is -2.12. The summed E-state index contributed by atoms with van der Waals surface area (Å²) in [5, 5.41) is 5.54. The van der Waals surface area contributed by atoms with Crippen LogP contribution in [0.25, 0.3) is 11.3 Å². The second-order valence-electron chi connectivity index (χ2n) is 6.87. The molecule has 28 heavy (non-hydrogen) atoms. The van der Waals surface area contributed by atoms with Crippen molar-refractivity contribution in [2.24, 2.45) is 0 Å². The lowest BCUT2D eigenvalue weighted by Gasteiger charge is -2.06. The number of carbonyl (C=O) groups excluding carboxylic acids is 2. The fourth-order valence-electron chi connectivity index (χ4n) is 2.86. The molecule has 0 spiro atoms. The third-order valence-corrected chi connectivity index (χ3v) is 4.54. The van der Waals surface area contributed by atoms with E-state index in [9.17, 15) is 9.59 Å². The third-order valence-electron chi connectivity index (χ3n) is 4.54. The third kappa shape index (κ3) is 5.10. The van der Waals surface area contributed by atoms with Gasteiger partial charge in [-0.3, -0.25) is 9.59 Å². The summed E-state index contributed by atoms with van der Waals surface area (Å²) in [5.74, 6) is 1.38. The number of hydrogen-bond donors (Lipinski definition) is 2. The van der Waals surface area contributed by atoms with Gasteiger partial charge in [0.25, 0.3) is 0 Å². The molecule has 144 valence electrons. The Kier molecular flexibility index (Phi) is 5.94. The van der Waals surface area contributed by atoms with Crippen molar-refractivity contribution in [2.75, 3.05) is 10.6 Å². The van der Waals surface area contributed by atoms with Crippen LogP contribution in [-0.4, -0.2) is 11.8 Å². The lowest BCUT2D eigenvalue weighted by atomic mass is 10.1. The quantitative estimate of drug-likeness (QED) is 0.629. The minimum atomic E-state index is -0.129. The molecule has 1 heterocycles. The van der Waals surface area contributed by atoms with Crippen LogP contribution in [0, 0.1) is 13.8 Å². The largest absolute Gasteiger partial charge is 0.461 e. The van der Waals surface area contributed by atoms with E-state index in [1.807, 2.05) is 18.2 Å². The van der Waals surface area contributed by atoms with Gasteiger partial charge in [-0.1, -0.05) is 12.1 Å². The maximum absolute atomic E-state index is 12.2. The van der Waals surface area contributed by atoms with E-state index in [-0.39, 0.29) is 11.8 Å². The van der Waals surface area contributed by atoms with E-state index in [0.717, 1.165) is 17.1 Å². The average Bonchev–Trinajstić information content (AvgIpc) is 3.12. The first kappa shape index (κ1) is 19.4. The molecular formula is C23H24N2O3. The molecule has 2 N–H and O–H groups in total. The summed E-state index contributed by atoms with van der Waals surface area (Å²) < 4.78 is 5.90. The first-order valence-electron chi connectivity index (χ1n) is 9.24. The van der Waals surface area contributed by atoms with E-state index in [1.165, 1.54) is 18.1 Å². The maximum atomic E-state index is 12.2. The van der Waals surface area contributed by atoms with E-state index in [1.54, 1.807) is 24.3 Å². The van der Waals surface area contributed by atoms with Crippen LogP contribution in [0.4, 0.5) is 11.4 Å². The summed E-state index contributed by atoms with van der Waals surface area (Å²) in [6.45, 7) is 5.62. The highest BCUT2D eigenvalue weighted by molar-refractivity contribution is 5.92. The molecule has 0 atom stereocenters. The van der Waals surface area contributed by atoms with Crippen LogP contribution in [0.3, 0.4) is 0 Å². The van der Waals surface area contributed by atoms with Gasteiger partial charge in [0.15, 0.2) is 0 Å². The molecule has 3 aromatic rings. The summed E-state index contributed by atoms with van der Waals surface area (Å²) in [5.41, 5.74) is 4.89. The number of furan rings is 1. The van der Waals surface area contributed by atoms with Gasteiger partial charge in [-0.05, 0) is 67.4 Å². The van der Waals surface area contributed by atoms with Gasteiger partial charge >= 0.3 is 0 Å². The zero-order chi connectivity index (χ0) is 20.1. The van der Waals surface area contributed by atoms with E-state index >= 15 is 0 Å². The number of benzene rings is 2. The van der Waals surface area contributed by atoms with Crippen molar-refractivity contribution in [3.05, 3.63) is 71.5 Å². The number of amides is 2. The van der Waals surface area contributed by atoms with Gasteiger partial charge in [0, 0.05) is 36.7 Å². The van der Waals surface area contributed by atoms with E-state index < -0.39 is 0 Å². The molecule has 1 aromatic heterocycles. The zero-order valence-electron chi connectivity index (χ0n) is 16.3. The molecule has 0 aliphatic heterocycles. The molecule has 0 fully saturated rings. The molecule has 5 heteroatoms. The molecule has 0 saturated heterocycles. The molecule has 0 aliphatic rings. The second kappa shape index (κ2) is 8.57. The SMILES string of the molecule is CC(=O)Nc1ccc(NC(=O)CCc2ccc(-c3ccc(C)c(C)c3)o2)cc1. The monoisotopic (exact) mass is 376 g/mol. The van der Waals surface area contributed by atoms with Crippen LogP contribution >= 0.6 is 0 Å². The maximum Gasteiger partial charge on any atom is 0.224 e. The minimum Gasteiger partial charge on any atom is -0.461 e. The van der Waals surface area contributed by atoms with Gasteiger partial charge < -0.3 is 15.1 Å². The highest BCUT2D eigenvalue weighted by atomic mass is 16.3. The fourth-order valence-corrected chi connectivity index (χ4v) is 2.86. The summed E-state index contributed by atoms with van der Waals surface area (Å²) in [7, 11) is 0. The second-order valence-corrected chi connectivity index (χ2v) is 6.87. The topological polar surface area (TPSA) is 71.3 Å². The normalized spacial score (nSPS) is 10.5. The smallest absolute Gasteiger partial charge is 0.224 e. The van der Waals surface area contributed by atoms with Crippen molar-refractivity contribution >= 4 is 23.2 Å². The highest BCUT2D eigenvalue weighted by Gasteiger charge is 2.09. The number of hydrogen-bond acceptors (Lipinski definition) is 3. The van der Waals surface area contributed by atoms with Crippen LogP contribution in [-0.2, 0) is 16.0 Å². The van der Waals surface area contributed by atoms with Gasteiger partial charge in [0.2, 0.25) is 11.8 Å². The Hall–Kier alpha value is -3.34. The van der Waals surface area contributed by atoms with Crippen LogP contribution in [0.1, 0.15) is 30.2 Å². The first-order chi connectivity index (χ1) is 13.4. The number of carbonyl (C=O) groups is 2. The van der Waals surface area contributed by atoms with E-state index in [0.29, 0.717) is 24.2 Å². The van der Waals surface area contributed by atoms with Gasteiger partial charge in [-0.2, -0.15) is 0 Å². The Balaban J connectivity index is 1.54. The van der Waals surface area contributed by atoms with Gasteiger partial charge in [-0.25, -0.2) is 0 Å². The fraction of sp³-hybridized carbons (Fsp3) is 0.217. The standard InChI is InChI=1S/C23H24N2O3/c1-15-4-5-18(14-16(15)2)22-12-10-21(28-22)11-13-23(27)25-20-8-6-19(7-9-20)24-17(3)26/h4-10,12,14H,11,13H2,1-3H3,(H,24,26)(H,25,27). The molecule has 0 unspecified atom stereocenters. The molecule has 0 saturated carbocycles. The Morgan fingerprint density at radius 1 is 0.857 bits per heavy atom. The predicted octanol–water partition coefficient (Wildman–Crippen LogP) is 5.09. The van der Waals surface area contributed by atoms with Crippen LogP contribution in [0.15, 0.2) is 59.0 Å². The molecule has 0 aliphatic carbocycles. The van der Waals surface area contributed by atoms with Crippen LogP contribution in [0.5, 0.6) is 0 Å². The van der Waals surface area contributed by atoms with Crippen molar-refractivity contribution in [2.45, 2.75) is 33.6 Å². The van der Waals surface area contributed by atoms with Crippen molar-refractivity contribution in [3.63, 3.8) is 0 Å². The van der Waals surface area contributed by atoms with Gasteiger partial charge in [0.05, 0.1) is 0 Å². The molecule has 0 radical (unpaired) electrons. The number of rotatable bonds is 6.